The summed E-state index contributed by atoms with van der Waals surface area (Å²) in [5.41, 5.74) is 5.05. The fraction of sp³-hybridized carbons (Fsp3) is 0.200. The van der Waals surface area contributed by atoms with Gasteiger partial charge in [0.1, 0.15) is 11.5 Å². The molecule has 2 heterocycles. The van der Waals surface area contributed by atoms with Crippen LogP contribution in [0.2, 0.25) is 0 Å². The van der Waals surface area contributed by atoms with Crippen LogP contribution in [-0.2, 0) is 4.74 Å². The summed E-state index contributed by atoms with van der Waals surface area (Å²) < 4.78 is 11.1. The highest BCUT2D eigenvalue weighted by molar-refractivity contribution is 6.04. The molecule has 2 atom stereocenters. The van der Waals surface area contributed by atoms with Crippen molar-refractivity contribution in [2.45, 2.75) is 25.6 Å². The Morgan fingerprint density at radius 1 is 1.13 bits per heavy atom. The molecule has 2 aliphatic rings. The summed E-state index contributed by atoms with van der Waals surface area (Å²) in [6, 6.07) is 20.7. The minimum atomic E-state index is -0.448. The van der Waals surface area contributed by atoms with Crippen molar-refractivity contribution in [1.29, 1.82) is 0 Å². The molecule has 0 aliphatic carbocycles. The predicted molar refractivity (Wildman–Crippen MR) is 116 cm³/mol. The second-order valence-corrected chi connectivity index (χ2v) is 7.79. The molecule has 156 valence electrons. The first-order valence-electron chi connectivity index (χ1n) is 10.1. The van der Waals surface area contributed by atoms with Crippen LogP contribution in [0.4, 0.5) is 0 Å². The number of hydrazone groups is 1. The molecular formula is C25H22N2O4. The van der Waals surface area contributed by atoms with E-state index in [1.807, 2.05) is 54.4 Å². The number of hydrogen-bond acceptors (Lipinski definition) is 6. The van der Waals surface area contributed by atoms with Gasteiger partial charge in [-0.1, -0.05) is 42.0 Å². The fourth-order valence-corrected chi connectivity index (χ4v) is 4.20. The molecule has 0 amide bonds. The number of carbonyl (C=O) groups excluding carboxylic acids is 1. The molecule has 0 bridgehead atoms. The first-order valence-corrected chi connectivity index (χ1v) is 10.1. The van der Waals surface area contributed by atoms with Crippen LogP contribution >= 0.6 is 0 Å². The number of aryl methyl sites for hydroxylation is 1. The van der Waals surface area contributed by atoms with Crippen molar-refractivity contribution >= 4 is 11.7 Å². The van der Waals surface area contributed by atoms with Gasteiger partial charge in [0.25, 0.3) is 0 Å². The maximum atomic E-state index is 11.8. The number of aromatic hydroxyl groups is 1. The molecule has 5 rings (SSSR count). The average molecular weight is 414 g/mol. The van der Waals surface area contributed by atoms with E-state index in [0.717, 1.165) is 33.7 Å². The largest absolute Gasteiger partial charge is 0.507 e. The molecule has 0 spiro atoms. The standard InChI is InChI=1S/C25H22N2O4/c1-15-7-12-22(28)19(13-15)20-14-21-18-5-3-4-6-23(18)31-24(27(21)26-20)16-8-10-17(11-9-16)25(29)30-2/h3-13,21,24,28H,14H2,1-2H3. The molecule has 1 N–H and O–H groups in total. The van der Waals surface area contributed by atoms with E-state index in [1.165, 1.54) is 7.11 Å². The lowest BCUT2D eigenvalue weighted by Gasteiger charge is -2.38. The Labute approximate surface area is 180 Å². The van der Waals surface area contributed by atoms with Crippen LogP contribution in [-0.4, -0.2) is 28.9 Å². The van der Waals surface area contributed by atoms with Gasteiger partial charge in [-0.25, -0.2) is 9.80 Å². The maximum absolute atomic E-state index is 11.8. The molecular weight excluding hydrogens is 392 g/mol. The molecule has 0 fully saturated rings. The number of phenolic OH excluding ortho intramolecular Hbond substituents is 1. The van der Waals surface area contributed by atoms with Gasteiger partial charge < -0.3 is 14.6 Å². The summed E-state index contributed by atoms with van der Waals surface area (Å²) in [6.07, 6.45) is 0.213. The third-order valence-corrected chi connectivity index (χ3v) is 5.78. The molecule has 6 nitrogen and oxygen atoms in total. The number of nitrogens with zero attached hydrogens (tertiary/aromatic N) is 2. The van der Waals surface area contributed by atoms with Gasteiger partial charge in [0, 0.05) is 23.1 Å². The molecule has 0 radical (unpaired) electrons. The third-order valence-electron chi connectivity index (χ3n) is 5.78. The molecule has 0 aromatic heterocycles. The zero-order valence-corrected chi connectivity index (χ0v) is 17.3. The van der Waals surface area contributed by atoms with Crippen LogP contribution in [0.15, 0.2) is 71.8 Å². The van der Waals surface area contributed by atoms with Crippen LogP contribution in [0, 0.1) is 6.92 Å². The van der Waals surface area contributed by atoms with E-state index in [0.29, 0.717) is 12.0 Å². The van der Waals surface area contributed by atoms with Crippen LogP contribution in [0.5, 0.6) is 11.5 Å². The van der Waals surface area contributed by atoms with E-state index in [9.17, 15) is 9.90 Å². The maximum Gasteiger partial charge on any atom is 0.337 e. The van der Waals surface area contributed by atoms with Crippen molar-refractivity contribution in [2.75, 3.05) is 7.11 Å². The van der Waals surface area contributed by atoms with Crippen LogP contribution in [0.3, 0.4) is 0 Å². The molecule has 0 saturated carbocycles. The van der Waals surface area contributed by atoms with Gasteiger partial charge >= 0.3 is 5.97 Å². The first kappa shape index (κ1) is 19.2. The number of para-hydroxylation sites is 1. The number of hydrogen-bond donors (Lipinski definition) is 1. The smallest absolute Gasteiger partial charge is 0.337 e. The van der Waals surface area contributed by atoms with Crippen molar-refractivity contribution in [3.05, 3.63) is 94.5 Å². The SMILES string of the molecule is COC(=O)c1ccc(C2Oc3ccccc3C3CC(c4cc(C)ccc4O)=NN32)cc1. The van der Waals surface area contributed by atoms with Crippen molar-refractivity contribution < 1.29 is 19.4 Å². The van der Waals surface area contributed by atoms with E-state index in [-0.39, 0.29) is 17.8 Å². The number of esters is 1. The lowest BCUT2D eigenvalue weighted by Crippen LogP contribution is -2.33. The number of benzene rings is 3. The van der Waals surface area contributed by atoms with Gasteiger partial charge in [0.2, 0.25) is 6.23 Å². The van der Waals surface area contributed by atoms with Gasteiger partial charge in [0.15, 0.2) is 0 Å². The Hall–Kier alpha value is -3.80. The summed E-state index contributed by atoms with van der Waals surface area (Å²) in [4.78, 5) is 11.8. The van der Waals surface area contributed by atoms with E-state index in [4.69, 9.17) is 14.6 Å². The minimum absolute atomic E-state index is 0.00912. The minimum Gasteiger partial charge on any atom is -0.507 e. The Kier molecular flexibility index (Phi) is 4.62. The number of ether oxygens (including phenoxy) is 2. The number of fused-ring (bicyclic) bond motifs is 3. The normalized spacial score (nSPS) is 19.2. The zero-order valence-electron chi connectivity index (χ0n) is 17.3. The third kappa shape index (κ3) is 3.30. The second-order valence-electron chi connectivity index (χ2n) is 7.79. The molecule has 3 aromatic rings. The predicted octanol–water partition coefficient (Wildman–Crippen LogP) is 4.73. The molecule has 0 saturated heterocycles. The number of methoxy groups -OCH3 is 1. The lowest BCUT2D eigenvalue weighted by molar-refractivity contribution is -0.0190. The zero-order chi connectivity index (χ0) is 21.5. The molecule has 6 heteroatoms. The van der Waals surface area contributed by atoms with Crippen molar-refractivity contribution in [3.63, 3.8) is 0 Å². The topological polar surface area (TPSA) is 71.4 Å². The molecule has 2 unspecified atom stereocenters. The number of carbonyl (C=O) groups is 1. The van der Waals surface area contributed by atoms with E-state index < -0.39 is 6.23 Å². The monoisotopic (exact) mass is 414 g/mol. The van der Waals surface area contributed by atoms with Crippen LogP contribution in [0.25, 0.3) is 0 Å². The summed E-state index contributed by atoms with van der Waals surface area (Å²) in [6.45, 7) is 2.00. The van der Waals surface area contributed by atoms with Gasteiger partial charge in [-0.15, -0.1) is 0 Å². The van der Waals surface area contributed by atoms with Gasteiger partial charge in [-0.2, -0.15) is 5.10 Å². The average Bonchev–Trinajstić information content (AvgIpc) is 3.25. The van der Waals surface area contributed by atoms with Gasteiger partial charge in [0.05, 0.1) is 24.4 Å². The van der Waals surface area contributed by atoms with Crippen molar-refractivity contribution in [1.82, 2.24) is 5.01 Å². The van der Waals surface area contributed by atoms with Crippen molar-refractivity contribution in [2.24, 2.45) is 5.10 Å². The molecule has 31 heavy (non-hydrogen) atoms. The van der Waals surface area contributed by atoms with Crippen molar-refractivity contribution in [3.8, 4) is 11.5 Å². The Balaban J connectivity index is 1.57. The number of rotatable bonds is 3. The lowest BCUT2D eigenvalue weighted by atomic mass is 9.95. The highest BCUT2D eigenvalue weighted by Crippen LogP contribution is 2.47. The summed E-state index contributed by atoms with van der Waals surface area (Å²) in [7, 11) is 1.36. The second kappa shape index (κ2) is 7.47. The number of phenols is 1. The molecule has 3 aromatic carbocycles. The first-order chi connectivity index (χ1) is 15.0. The van der Waals surface area contributed by atoms with Crippen LogP contribution in [0.1, 0.15) is 51.3 Å². The van der Waals surface area contributed by atoms with Gasteiger partial charge in [-0.05, 0) is 37.3 Å². The highest BCUT2D eigenvalue weighted by atomic mass is 16.5. The molecule has 2 aliphatic heterocycles. The Morgan fingerprint density at radius 3 is 2.68 bits per heavy atom. The Morgan fingerprint density at radius 2 is 1.90 bits per heavy atom. The fourth-order valence-electron chi connectivity index (χ4n) is 4.20. The Bertz CT molecular complexity index is 1190. The summed E-state index contributed by atoms with van der Waals surface area (Å²) in [5, 5.41) is 17.3. The van der Waals surface area contributed by atoms with E-state index >= 15 is 0 Å². The van der Waals surface area contributed by atoms with E-state index in [1.54, 1.807) is 18.2 Å². The summed E-state index contributed by atoms with van der Waals surface area (Å²) >= 11 is 0. The quantitative estimate of drug-likeness (QED) is 0.628. The highest BCUT2D eigenvalue weighted by Gasteiger charge is 2.41. The van der Waals surface area contributed by atoms with E-state index in [2.05, 4.69) is 6.07 Å². The summed E-state index contributed by atoms with van der Waals surface area (Å²) in [5.74, 6) is 0.656. The van der Waals surface area contributed by atoms with Gasteiger partial charge in [-0.3, -0.25) is 0 Å². The van der Waals surface area contributed by atoms with Crippen LogP contribution < -0.4 is 4.74 Å².